The highest BCUT2D eigenvalue weighted by Gasteiger charge is 2.65. The zero-order valence-electron chi connectivity index (χ0n) is 25.1. The Labute approximate surface area is 242 Å². The molecule has 4 rings (SSSR count). The van der Waals surface area contributed by atoms with E-state index in [2.05, 4.69) is 35.7 Å². The number of nitrogens with one attached hydrogen (secondary N) is 2. The number of carboxylic acid groups (broad SMARTS) is 1. The number of ketones is 1. The average Bonchev–Trinajstić information content (AvgIpc) is 3.20. The van der Waals surface area contributed by atoms with Crippen molar-refractivity contribution in [2.75, 3.05) is 6.61 Å². The lowest BCUT2D eigenvalue weighted by molar-refractivity contribution is -0.159. The van der Waals surface area contributed by atoms with Crippen LogP contribution in [0.25, 0.3) is 0 Å². The Kier molecular flexibility index (Phi) is 9.02. The molecular weight excluding hydrogens is 526 g/mol. The summed E-state index contributed by atoms with van der Waals surface area (Å²) in [6, 6.07) is -1.90. The minimum Gasteiger partial charge on any atom is -0.480 e. The van der Waals surface area contributed by atoms with E-state index in [-0.39, 0.29) is 23.2 Å². The molecule has 0 spiro atoms. The number of carbonyl (C=O) groups excluding carboxylic acids is 3. The molecule has 4 aliphatic carbocycles. The molecule has 8 atom stereocenters. The lowest BCUT2D eigenvalue weighted by atomic mass is 9.46. The fourth-order valence-electron chi connectivity index (χ4n) is 8.60. The Morgan fingerprint density at radius 3 is 2.44 bits per heavy atom. The molecule has 0 bridgehead atoms. The van der Waals surface area contributed by atoms with Gasteiger partial charge < -0.3 is 25.7 Å². The number of Topliss-reactive ketones (excluding diaryl/α,β-unsaturated/α-hetero) is 1. The van der Waals surface area contributed by atoms with Crippen LogP contribution in [-0.2, 0) is 24.0 Å². The summed E-state index contributed by atoms with van der Waals surface area (Å²) in [4.78, 5) is 53.7. The number of oxime groups is 1. The molecule has 3 saturated carbocycles. The molecule has 0 aromatic carbocycles. The van der Waals surface area contributed by atoms with Gasteiger partial charge >= 0.3 is 5.97 Å². The second-order valence-electron chi connectivity index (χ2n) is 13.2. The van der Waals surface area contributed by atoms with Crippen LogP contribution >= 0.6 is 0 Å². The van der Waals surface area contributed by atoms with Gasteiger partial charge in [-0.25, -0.2) is 4.79 Å². The Hall–Kier alpha value is -2.75. The van der Waals surface area contributed by atoms with E-state index in [1.165, 1.54) is 12.5 Å². The van der Waals surface area contributed by atoms with Crippen molar-refractivity contribution in [1.82, 2.24) is 10.6 Å². The first-order valence-corrected chi connectivity index (χ1v) is 15.2. The second kappa shape index (κ2) is 11.9. The Morgan fingerprint density at radius 2 is 1.78 bits per heavy atom. The van der Waals surface area contributed by atoms with Crippen LogP contribution in [0.1, 0.15) is 98.8 Å². The molecule has 10 nitrogen and oxygen atoms in total. The third-order valence-electron chi connectivity index (χ3n) is 11.1. The Bertz CT molecular complexity index is 1130. The van der Waals surface area contributed by atoms with Crippen LogP contribution in [0.5, 0.6) is 0 Å². The molecule has 10 heteroatoms. The number of amides is 2. The van der Waals surface area contributed by atoms with Gasteiger partial charge in [-0.3, -0.25) is 14.4 Å². The van der Waals surface area contributed by atoms with Crippen molar-refractivity contribution in [1.29, 1.82) is 0 Å². The number of hydrogen-bond acceptors (Lipinski definition) is 7. The Balaban J connectivity index is 1.33. The van der Waals surface area contributed by atoms with E-state index in [0.717, 1.165) is 50.7 Å². The van der Waals surface area contributed by atoms with Crippen molar-refractivity contribution in [3.63, 3.8) is 0 Å². The number of carbonyl (C=O) groups is 4. The van der Waals surface area contributed by atoms with Gasteiger partial charge in [-0.15, -0.1) is 0 Å². The van der Waals surface area contributed by atoms with Crippen molar-refractivity contribution >= 4 is 29.3 Å². The third kappa shape index (κ3) is 5.68. The standard InChI is InChI=1S/C31H47N3O7/c1-6-7-25(28(38)39)33-27(37)18(2)32-26(36)17-41-34-21-10-13-29(4)20(16-21)8-9-22-23(29)11-14-30(5)24(22)12-15-31(30,40)19(3)35/h16,18,22-25,40H,6-15,17H2,1-5H3,(H,32,36)(H,33,37)(H,38,39)/b34-21-/t18?,22-,23+,24+,25?,29+,30+,31+/m1/s1. The highest BCUT2D eigenvalue weighted by atomic mass is 16.6. The predicted octanol–water partition coefficient (Wildman–Crippen LogP) is 3.52. The summed E-state index contributed by atoms with van der Waals surface area (Å²) >= 11 is 0. The summed E-state index contributed by atoms with van der Waals surface area (Å²) in [7, 11) is 0. The van der Waals surface area contributed by atoms with E-state index in [0.29, 0.717) is 37.0 Å². The van der Waals surface area contributed by atoms with E-state index in [1.807, 2.05) is 6.92 Å². The summed E-state index contributed by atoms with van der Waals surface area (Å²) in [6.07, 6.45) is 10.0. The molecule has 4 aliphatic rings. The maximum absolute atomic E-state index is 12.5. The monoisotopic (exact) mass is 573 g/mol. The summed E-state index contributed by atoms with van der Waals surface area (Å²) in [5.74, 6) is -0.915. The van der Waals surface area contributed by atoms with Crippen molar-refractivity contribution in [3.05, 3.63) is 11.6 Å². The van der Waals surface area contributed by atoms with Crippen LogP contribution in [0, 0.1) is 28.6 Å². The second-order valence-corrected chi connectivity index (χ2v) is 13.2. The molecule has 3 fully saturated rings. The predicted molar refractivity (Wildman–Crippen MR) is 153 cm³/mol. The lowest BCUT2D eigenvalue weighted by Gasteiger charge is -2.59. The van der Waals surface area contributed by atoms with Crippen molar-refractivity contribution in [2.45, 2.75) is 117 Å². The van der Waals surface area contributed by atoms with Crippen molar-refractivity contribution < 1.29 is 34.2 Å². The lowest BCUT2D eigenvalue weighted by Crippen LogP contribution is -2.57. The summed E-state index contributed by atoms with van der Waals surface area (Å²) in [6.45, 7) is 9.02. The Morgan fingerprint density at radius 1 is 1.07 bits per heavy atom. The largest absolute Gasteiger partial charge is 0.480 e. The van der Waals surface area contributed by atoms with Gasteiger partial charge in [0, 0.05) is 5.41 Å². The first kappa shape index (κ1) is 31.2. The van der Waals surface area contributed by atoms with Gasteiger partial charge in [0.25, 0.3) is 5.91 Å². The van der Waals surface area contributed by atoms with E-state index in [9.17, 15) is 29.4 Å². The smallest absolute Gasteiger partial charge is 0.326 e. The van der Waals surface area contributed by atoms with Gasteiger partial charge in [0.15, 0.2) is 12.4 Å². The molecule has 0 radical (unpaired) electrons. The number of hydrogen-bond donors (Lipinski definition) is 4. The minimum absolute atomic E-state index is 0.0476. The summed E-state index contributed by atoms with van der Waals surface area (Å²) < 4.78 is 0. The zero-order valence-corrected chi connectivity index (χ0v) is 25.1. The molecule has 0 saturated heterocycles. The van der Waals surface area contributed by atoms with Crippen molar-refractivity contribution in [3.8, 4) is 0 Å². The van der Waals surface area contributed by atoms with E-state index < -0.39 is 35.5 Å². The van der Waals surface area contributed by atoms with Crippen LogP contribution in [0.2, 0.25) is 0 Å². The fourth-order valence-corrected chi connectivity index (χ4v) is 8.60. The van der Waals surface area contributed by atoms with Crippen LogP contribution in [0.15, 0.2) is 16.8 Å². The minimum atomic E-state index is -1.20. The molecule has 2 unspecified atom stereocenters. The number of nitrogens with zero attached hydrogens (tertiary/aromatic N) is 1. The first-order chi connectivity index (χ1) is 19.3. The van der Waals surface area contributed by atoms with Crippen LogP contribution in [-0.4, -0.2) is 63.8 Å². The average molecular weight is 574 g/mol. The number of aliphatic hydroxyl groups is 1. The molecule has 228 valence electrons. The topological polar surface area (TPSA) is 154 Å². The highest BCUT2D eigenvalue weighted by molar-refractivity contribution is 5.96. The number of allylic oxidation sites excluding steroid dienone is 2. The number of carboxylic acids is 1. The van der Waals surface area contributed by atoms with Crippen molar-refractivity contribution in [2.24, 2.45) is 33.7 Å². The zero-order chi connectivity index (χ0) is 30.2. The molecule has 41 heavy (non-hydrogen) atoms. The van der Waals surface area contributed by atoms with Gasteiger partial charge in [-0.2, -0.15) is 0 Å². The van der Waals surface area contributed by atoms with E-state index >= 15 is 0 Å². The maximum Gasteiger partial charge on any atom is 0.326 e. The molecule has 0 aromatic rings. The van der Waals surface area contributed by atoms with Crippen LogP contribution in [0.4, 0.5) is 0 Å². The molecule has 0 heterocycles. The number of aliphatic carboxylic acids is 1. The van der Waals surface area contributed by atoms with Crippen LogP contribution in [0.3, 0.4) is 0 Å². The van der Waals surface area contributed by atoms with Crippen LogP contribution < -0.4 is 10.6 Å². The van der Waals surface area contributed by atoms with Gasteiger partial charge in [0.1, 0.15) is 17.7 Å². The fraction of sp³-hybridized carbons (Fsp3) is 0.774. The third-order valence-corrected chi connectivity index (χ3v) is 11.1. The molecule has 4 N–H and O–H groups in total. The maximum atomic E-state index is 12.5. The number of fused-ring (bicyclic) bond motifs is 5. The van der Waals surface area contributed by atoms with Gasteiger partial charge in [-0.05, 0) is 101 Å². The van der Waals surface area contributed by atoms with Gasteiger partial charge in [0.05, 0.1) is 5.71 Å². The molecule has 2 amide bonds. The molecule has 0 aromatic heterocycles. The van der Waals surface area contributed by atoms with Gasteiger partial charge in [-0.1, -0.05) is 37.9 Å². The quantitative estimate of drug-likeness (QED) is 0.292. The van der Waals surface area contributed by atoms with E-state index in [4.69, 9.17) is 4.84 Å². The normalized spacial score (nSPS) is 36.6. The summed E-state index contributed by atoms with van der Waals surface area (Å²) in [5, 5.41) is 29.8. The number of rotatable bonds is 10. The summed E-state index contributed by atoms with van der Waals surface area (Å²) in [5.41, 5.74) is 0.661. The molecule has 0 aliphatic heterocycles. The van der Waals surface area contributed by atoms with Gasteiger partial charge in [0.2, 0.25) is 5.91 Å². The highest BCUT2D eigenvalue weighted by Crippen LogP contribution is 2.67. The SMILES string of the molecule is CCCC(NC(=O)C(C)NC(=O)CO/N=C1\C=C2CC[C@@H]3[C@H](CC[C@@]4(C)[C@H]3CC[C@]4(O)C(C)=O)[C@@]2(C)CC1)C(=O)O. The first-order valence-electron chi connectivity index (χ1n) is 15.2. The van der Waals surface area contributed by atoms with E-state index in [1.54, 1.807) is 6.92 Å². The molecular formula is C31H47N3O7.